The van der Waals surface area contributed by atoms with E-state index in [2.05, 4.69) is 13.8 Å². The average molecular weight is 387 g/mol. The molecule has 4 heteroatoms. The van der Waals surface area contributed by atoms with Gasteiger partial charge in [-0.25, -0.2) is 4.79 Å². The third-order valence-electron chi connectivity index (χ3n) is 9.95. The van der Waals surface area contributed by atoms with E-state index >= 15 is 0 Å². The second-order valence-electron chi connectivity index (χ2n) is 10.8. The van der Waals surface area contributed by atoms with E-state index in [0.717, 1.165) is 56.9 Å². The zero-order chi connectivity index (χ0) is 19.7. The van der Waals surface area contributed by atoms with Crippen LogP contribution in [0.3, 0.4) is 0 Å². The second kappa shape index (κ2) is 6.18. The van der Waals surface area contributed by atoms with E-state index in [0.29, 0.717) is 17.8 Å². The Bertz CT molecular complexity index is 797. The summed E-state index contributed by atoms with van der Waals surface area (Å²) in [6, 6.07) is 3.42. The second-order valence-corrected chi connectivity index (χ2v) is 10.8. The van der Waals surface area contributed by atoms with E-state index in [-0.39, 0.29) is 28.5 Å². The Hall–Kier alpha value is -1.13. The number of aliphatic hydroxyl groups is 2. The Morgan fingerprint density at radius 3 is 2.57 bits per heavy atom. The van der Waals surface area contributed by atoms with Gasteiger partial charge in [0, 0.05) is 11.5 Å². The lowest BCUT2D eigenvalue weighted by Crippen LogP contribution is -2.62. The van der Waals surface area contributed by atoms with Gasteiger partial charge in [0.05, 0.1) is 18.0 Å². The molecular weight excluding hydrogens is 352 g/mol. The van der Waals surface area contributed by atoms with Crippen LogP contribution < -0.4 is 5.63 Å². The molecule has 3 unspecified atom stereocenters. The summed E-state index contributed by atoms with van der Waals surface area (Å²) in [5, 5.41) is 22.4. The molecular formula is C24H34O4. The fourth-order valence-corrected chi connectivity index (χ4v) is 8.30. The summed E-state index contributed by atoms with van der Waals surface area (Å²) in [6.07, 6.45) is 10.7. The van der Waals surface area contributed by atoms with Crippen molar-refractivity contribution in [3.63, 3.8) is 0 Å². The molecule has 1 heterocycles. The van der Waals surface area contributed by atoms with Crippen molar-refractivity contribution in [1.29, 1.82) is 0 Å². The molecule has 4 aliphatic carbocycles. The predicted molar refractivity (Wildman–Crippen MR) is 107 cm³/mol. The third kappa shape index (κ3) is 2.40. The molecule has 0 spiro atoms. The molecule has 2 N–H and O–H groups in total. The summed E-state index contributed by atoms with van der Waals surface area (Å²) in [6.45, 7) is 4.73. The van der Waals surface area contributed by atoms with Crippen LogP contribution in [0.15, 0.2) is 27.6 Å². The fourth-order valence-electron chi connectivity index (χ4n) is 8.30. The maximum Gasteiger partial charge on any atom is 0.335 e. The summed E-state index contributed by atoms with van der Waals surface area (Å²) in [4.78, 5) is 11.4. The molecule has 0 radical (unpaired) electrons. The van der Waals surface area contributed by atoms with E-state index in [1.165, 1.54) is 12.5 Å². The standard InChI is InChI=1S/C24H34O4/c1-22-10-7-17(25)13-16(22)4-5-20-19(22)8-11-23(2)18(9-12-24(20,23)27)15-3-6-21(26)28-14-15/h3,6,14,16-20,25,27H,4-5,7-13H2,1-2H3/t16-,17+,18?,19?,20?,22+,23-,24+/m1/s1. The van der Waals surface area contributed by atoms with Gasteiger partial charge in [0.2, 0.25) is 0 Å². The van der Waals surface area contributed by atoms with Crippen molar-refractivity contribution in [2.45, 2.75) is 89.3 Å². The minimum atomic E-state index is -0.638. The molecule has 28 heavy (non-hydrogen) atoms. The minimum Gasteiger partial charge on any atom is -0.431 e. The molecule has 4 aliphatic rings. The Morgan fingerprint density at radius 2 is 1.82 bits per heavy atom. The van der Waals surface area contributed by atoms with Crippen molar-refractivity contribution < 1.29 is 14.6 Å². The van der Waals surface area contributed by atoms with Gasteiger partial charge in [0.15, 0.2) is 0 Å². The topological polar surface area (TPSA) is 70.7 Å². The van der Waals surface area contributed by atoms with Gasteiger partial charge >= 0.3 is 5.63 Å². The number of hydrogen-bond donors (Lipinski definition) is 2. The fraction of sp³-hybridized carbons (Fsp3) is 0.792. The van der Waals surface area contributed by atoms with Gasteiger partial charge < -0.3 is 14.6 Å². The minimum absolute atomic E-state index is 0.129. The zero-order valence-electron chi connectivity index (χ0n) is 17.2. The molecule has 0 amide bonds. The normalized spacial score (nSPS) is 50.5. The highest BCUT2D eigenvalue weighted by molar-refractivity contribution is 5.27. The van der Waals surface area contributed by atoms with E-state index in [4.69, 9.17) is 4.42 Å². The first-order chi connectivity index (χ1) is 13.3. The summed E-state index contributed by atoms with van der Waals surface area (Å²) in [5.74, 6) is 1.76. The first kappa shape index (κ1) is 18.9. The Morgan fingerprint density at radius 1 is 1.00 bits per heavy atom. The molecule has 5 rings (SSSR count). The first-order valence-corrected chi connectivity index (χ1v) is 11.3. The summed E-state index contributed by atoms with van der Waals surface area (Å²) in [7, 11) is 0. The van der Waals surface area contributed by atoms with Crippen LogP contribution in [0.4, 0.5) is 0 Å². The molecule has 0 aliphatic heterocycles. The Balaban J connectivity index is 1.48. The van der Waals surface area contributed by atoms with Gasteiger partial charge in [-0.1, -0.05) is 13.8 Å². The van der Waals surface area contributed by atoms with Crippen LogP contribution in [-0.4, -0.2) is 21.9 Å². The van der Waals surface area contributed by atoms with Crippen LogP contribution in [0, 0.1) is 28.6 Å². The number of aliphatic hydroxyl groups excluding tert-OH is 1. The molecule has 1 aromatic heterocycles. The quantitative estimate of drug-likeness (QED) is 0.757. The summed E-state index contributed by atoms with van der Waals surface area (Å²) < 4.78 is 5.17. The van der Waals surface area contributed by atoms with Crippen molar-refractivity contribution in [1.82, 2.24) is 0 Å². The van der Waals surface area contributed by atoms with Crippen molar-refractivity contribution in [2.75, 3.05) is 0 Å². The highest BCUT2D eigenvalue weighted by Crippen LogP contribution is 2.70. The van der Waals surface area contributed by atoms with Gasteiger partial charge in [-0.15, -0.1) is 0 Å². The Kier molecular flexibility index (Phi) is 4.17. The van der Waals surface area contributed by atoms with Crippen LogP contribution in [-0.2, 0) is 0 Å². The SMILES string of the molecule is C[C@]12CC[C@H](O)C[C@H]1CCC1C2CC[C@]2(C)C(c3ccc(=O)oc3)CC[C@]12O. The molecule has 1 aromatic rings. The molecule has 0 saturated heterocycles. The van der Waals surface area contributed by atoms with Gasteiger partial charge in [-0.2, -0.15) is 0 Å². The smallest absolute Gasteiger partial charge is 0.335 e. The van der Waals surface area contributed by atoms with Crippen LogP contribution >= 0.6 is 0 Å². The third-order valence-corrected chi connectivity index (χ3v) is 9.95. The van der Waals surface area contributed by atoms with Crippen LogP contribution in [0.25, 0.3) is 0 Å². The molecule has 0 bridgehead atoms. The number of fused-ring (bicyclic) bond motifs is 5. The zero-order valence-corrected chi connectivity index (χ0v) is 17.2. The van der Waals surface area contributed by atoms with Gasteiger partial charge in [0.1, 0.15) is 0 Å². The number of rotatable bonds is 1. The number of hydrogen-bond acceptors (Lipinski definition) is 4. The maximum atomic E-state index is 12.2. The lowest BCUT2D eigenvalue weighted by molar-refractivity contribution is -0.205. The van der Waals surface area contributed by atoms with Gasteiger partial charge in [-0.05, 0) is 98.5 Å². The lowest BCUT2D eigenvalue weighted by atomic mass is 9.43. The molecule has 154 valence electrons. The van der Waals surface area contributed by atoms with Crippen molar-refractivity contribution in [2.24, 2.45) is 28.6 Å². The monoisotopic (exact) mass is 386 g/mol. The van der Waals surface area contributed by atoms with E-state index in [1.807, 2.05) is 6.07 Å². The van der Waals surface area contributed by atoms with E-state index < -0.39 is 5.60 Å². The largest absolute Gasteiger partial charge is 0.431 e. The van der Waals surface area contributed by atoms with Crippen LogP contribution in [0.2, 0.25) is 0 Å². The summed E-state index contributed by atoms with van der Waals surface area (Å²) >= 11 is 0. The van der Waals surface area contributed by atoms with E-state index in [1.54, 1.807) is 6.26 Å². The predicted octanol–water partition coefficient (Wildman–Crippen LogP) is 4.24. The molecule has 4 nitrogen and oxygen atoms in total. The summed E-state index contributed by atoms with van der Waals surface area (Å²) in [5.41, 5.74) is 0.219. The van der Waals surface area contributed by atoms with Crippen molar-refractivity contribution >= 4 is 0 Å². The van der Waals surface area contributed by atoms with Crippen molar-refractivity contribution in [3.8, 4) is 0 Å². The van der Waals surface area contributed by atoms with Crippen molar-refractivity contribution in [3.05, 3.63) is 34.4 Å². The molecule has 8 atom stereocenters. The highest BCUT2D eigenvalue weighted by Gasteiger charge is 2.67. The lowest BCUT2D eigenvalue weighted by Gasteiger charge is -2.63. The highest BCUT2D eigenvalue weighted by atomic mass is 16.4. The maximum absolute atomic E-state index is 12.2. The molecule has 0 aromatic carbocycles. The van der Waals surface area contributed by atoms with Gasteiger partial charge in [0.25, 0.3) is 0 Å². The molecule has 4 saturated carbocycles. The Labute approximate surface area is 167 Å². The van der Waals surface area contributed by atoms with Crippen LogP contribution in [0.1, 0.15) is 83.1 Å². The van der Waals surface area contributed by atoms with E-state index in [9.17, 15) is 15.0 Å². The average Bonchev–Trinajstić information content (AvgIpc) is 2.95. The first-order valence-electron chi connectivity index (χ1n) is 11.3. The van der Waals surface area contributed by atoms with Crippen LogP contribution in [0.5, 0.6) is 0 Å². The molecule has 4 fully saturated rings. The van der Waals surface area contributed by atoms with Gasteiger partial charge in [-0.3, -0.25) is 0 Å².